The second-order valence-corrected chi connectivity index (χ2v) is 7.73. The van der Waals surface area contributed by atoms with Gasteiger partial charge in [-0.2, -0.15) is 5.26 Å². The van der Waals surface area contributed by atoms with Gasteiger partial charge >= 0.3 is 0 Å². The van der Waals surface area contributed by atoms with E-state index in [4.69, 9.17) is 11.6 Å². The largest absolute Gasteiger partial charge is 0.318 e. The first-order valence-electron chi connectivity index (χ1n) is 8.61. The number of aryl methyl sites for hydroxylation is 2. The highest BCUT2D eigenvalue weighted by Gasteiger charge is 2.16. The standard InChI is InChI=1S/C21H19ClN4OS/c1-12-11-28-21(24-12)25-20(27)17(10-23)9-16-8-13(2)26(15(16)4)19-7-5-6-18(22)14(19)3/h5-9,11H,1-4H3,(H,24,25,27)/b17-9-. The Morgan fingerprint density at radius 3 is 2.71 bits per heavy atom. The third-order valence-electron chi connectivity index (χ3n) is 4.45. The number of aromatic nitrogens is 2. The summed E-state index contributed by atoms with van der Waals surface area (Å²) in [5.74, 6) is -0.472. The summed E-state index contributed by atoms with van der Waals surface area (Å²) < 4.78 is 2.07. The van der Waals surface area contributed by atoms with Crippen LogP contribution in [0.5, 0.6) is 0 Å². The number of hydrogen-bond acceptors (Lipinski definition) is 4. The third-order valence-corrected chi connectivity index (χ3v) is 5.74. The lowest BCUT2D eigenvalue weighted by Crippen LogP contribution is -2.13. The van der Waals surface area contributed by atoms with Crippen LogP contribution >= 0.6 is 22.9 Å². The predicted molar refractivity (Wildman–Crippen MR) is 114 cm³/mol. The summed E-state index contributed by atoms with van der Waals surface area (Å²) in [6, 6.07) is 9.70. The fourth-order valence-corrected chi connectivity index (χ4v) is 3.88. The summed E-state index contributed by atoms with van der Waals surface area (Å²) in [4.78, 5) is 16.7. The number of halogens is 1. The number of nitrogens with one attached hydrogen (secondary N) is 1. The van der Waals surface area contributed by atoms with E-state index < -0.39 is 5.91 Å². The molecular weight excluding hydrogens is 392 g/mol. The second kappa shape index (κ2) is 8.01. The molecule has 1 amide bonds. The maximum absolute atomic E-state index is 12.5. The van der Waals surface area contributed by atoms with Gasteiger partial charge in [-0.05, 0) is 63.1 Å². The van der Waals surface area contributed by atoms with E-state index in [1.165, 1.54) is 11.3 Å². The Labute approximate surface area is 172 Å². The predicted octanol–water partition coefficient (Wildman–Crippen LogP) is 5.37. The average Bonchev–Trinajstić information content (AvgIpc) is 3.18. The molecule has 0 aliphatic carbocycles. The lowest BCUT2D eigenvalue weighted by molar-refractivity contribution is -0.112. The Hall–Kier alpha value is -2.88. The van der Waals surface area contributed by atoms with Crippen molar-refractivity contribution in [3.05, 3.63) is 68.4 Å². The number of carbonyl (C=O) groups excluding carboxylic acids is 1. The molecule has 0 saturated carbocycles. The zero-order valence-electron chi connectivity index (χ0n) is 16.0. The van der Waals surface area contributed by atoms with E-state index in [-0.39, 0.29) is 5.57 Å². The van der Waals surface area contributed by atoms with Crippen molar-refractivity contribution in [3.8, 4) is 11.8 Å². The van der Waals surface area contributed by atoms with Gasteiger partial charge in [-0.1, -0.05) is 17.7 Å². The van der Waals surface area contributed by atoms with Crippen molar-refractivity contribution in [2.24, 2.45) is 0 Å². The summed E-state index contributed by atoms with van der Waals surface area (Å²) in [7, 11) is 0. The van der Waals surface area contributed by atoms with Gasteiger partial charge in [0.25, 0.3) is 5.91 Å². The highest BCUT2D eigenvalue weighted by Crippen LogP contribution is 2.28. The molecule has 0 aliphatic heterocycles. The summed E-state index contributed by atoms with van der Waals surface area (Å²) in [5, 5.41) is 15.2. The summed E-state index contributed by atoms with van der Waals surface area (Å²) in [6.45, 7) is 7.75. The van der Waals surface area contributed by atoms with Gasteiger partial charge in [0.1, 0.15) is 11.6 Å². The molecule has 3 rings (SSSR count). The number of hydrogen-bond donors (Lipinski definition) is 1. The lowest BCUT2D eigenvalue weighted by Gasteiger charge is -2.13. The fraction of sp³-hybridized carbons (Fsp3) is 0.190. The molecule has 0 bridgehead atoms. The van der Waals surface area contributed by atoms with E-state index in [1.807, 2.05) is 63.4 Å². The van der Waals surface area contributed by atoms with Gasteiger partial charge in [-0.25, -0.2) is 4.98 Å². The van der Waals surface area contributed by atoms with Crippen LogP contribution in [0.1, 0.15) is 28.2 Å². The Kier molecular flexibility index (Phi) is 5.68. The van der Waals surface area contributed by atoms with Crippen LogP contribution in [-0.2, 0) is 4.79 Å². The number of carbonyl (C=O) groups is 1. The molecule has 0 radical (unpaired) electrons. The molecule has 2 heterocycles. The monoisotopic (exact) mass is 410 g/mol. The van der Waals surface area contributed by atoms with Crippen LogP contribution in [0.4, 0.5) is 5.13 Å². The van der Waals surface area contributed by atoms with Crippen molar-refractivity contribution in [3.63, 3.8) is 0 Å². The first-order chi connectivity index (χ1) is 13.3. The molecule has 0 unspecified atom stereocenters. The van der Waals surface area contributed by atoms with E-state index >= 15 is 0 Å². The van der Waals surface area contributed by atoms with Gasteiger partial charge in [0.2, 0.25) is 0 Å². The van der Waals surface area contributed by atoms with E-state index in [2.05, 4.69) is 14.9 Å². The number of benzene rings is 1. The van der Waals surface area contributed by atoms with Gasteiger partial charge in [-0.15, -0.1) is 11.3 Å². The lowest BCUT2D eigenvalue weighted by atomic mass is 10.1. The number of thiazole rings is 1. The number of nitrogens with zero attached hydrogens (tertiary/aromatic N) is 3. The van der Waals surface area contributed by atoms with Crippen molar-refractivity contribution < 1.29 is 4.79 Å². The molecular formula is C21H19ClN4OS. The van der Waals surface area contributed by atoms with Crippen LogP contribution in [0.25, 0.3) is 11.8 Å². The molecule has 2 aromatic heterocycles. The molecule has 0 atom stereocenters. The van der Waals surface area contributed by atoms with Gasteiger partial charge in [0.05, 0.1) is 5.69 Å². The van der Waals surface area contributed by atoms with Crippen LogP contribution in [0.2, 0.25) is 5.02 Å². The highest BCUT2D eigenvalue weighted by atomic mass is 35.5. The number of nitriles is 1. The van der Waals surface area contributed by atoms with Crippen LogP contribution in [-0.4, -0.2) is 15.5 Å². The second-order valence-electron chi connectivity index (χ2n) is 6.46. The Balaban J connectivity index is 1.98. The van der Waals surface area contributed by atoms with Gasteiger partial charge in [0, 0.05) is 27.5 Å². The maximum atomic E-state index is 12.5. The van der Waals surface area contributed by atoms with E-state index in [0.29, 0.717) is 10.2 Å². The molecule has 7 heteroatoms. The Morgan fingerprint density at radius 1 is 1.32 bits per heavy atom. The minimum absolute atomic E-state index is 0.0240. The van der Waals surface area contributed by atoms with E-state index in [0.717, 1.165) is 33.9 Å². The van der Waals surface area contributed by atoms with Gasteiger partial charge in [0.15, 0.2) is 5.13 Å². The van der Waals surface area contributed by atoms with Gasteiger partial charge in [-0.3, -0.25) is 10.1 Å². The van der Waals surface area contributed by atoms with Crippen molar-refractivity contribution in [1.82, 2.24) is 9.55 Å². The molecule has 0 fully saturated rings. The number of anilines is 1. The SMILES string of the molecule is Cc1csc(NC(=O)/C(C#N)=C\c2cc(C)n(-c3cccc(Cl)c3C)c2C)n1. The van der Waals surface area contributed by atoms with Crippen LogP contribution < -0.4 is 5.32 Å². The summed E-state index contributed by atoms with van der Waals surface area (Å²) in [6.07, 6.45) is 1.61. The molecule has 0 spiro atoms. The van der Waals surface area contributed by atoms with Gasteiger partial charge < -0.3 is 4.57 Å². The zero-order chi connectivity index (χ0) is 20.4. The molecule has 28 heavy (non-hydrogen) atoms. The smallest absolute Gasteiger partial charge is 0.268 e. The molecule has 5 nitrogen and oxygen atoms in total. The molecule has 142 valence electrons. The highest BCUT2D eigenvalue weighted by molar-refractivity contribution is 7.13. The van der Waals surface area contributed by atoms with Crippen molar-refractivity contribution in [2.75, 3.05) is 5.32 Å². The minimum atomic E-state index is -0.472. The quantitative estimate of drug-likeness (QED) is 0.464. The molecule has 3 aromatic rings. The maximum Gasteiger partial charge on any atom is 0.268 e. The molecule has 0 saturated heterocycles. The first kappa shape index (κ1) is 19.9. The minimum Gasteiger partial charge on any atom is -0.318 e. The first-order valence-corrected chi connectivity index (χ1v) is 9.87. The van der Waals surface area contributed by atoms with Crippen LogP contribution in [0, 0.1) is 39.0 Å². The summed E-state index contributed by atoms with van der Waals surface area (Å²) in [5.41, 5.74) is 5.51. The van der Waals surface area contributed by atoms with Crippen molar-refractivity contribution in [1.29, 1.82) is 5.26 Å². The van der Waals surface area contributed by atoms with Crippen LogP contribution in [0.3, 0.4) is 0 Å². The third kappa shape index (κ3) is 3.86. The Bertz CT molecular complexity index is 1130. The molecule has 1 aromatic carbocycles. The average molecular weight is 411 g/mol. The van der Waals surface area contributed by atoms with Crippen LogP contribution in [0.15, 0.2) is 35.2 Å². The van der Waals surface area contributed by atoms with Crippen molar-refractivity contribution >= 4 is 40.1 Å². The number of amides is 1. The van der Waals surface area contributed by atoms with E-state index in [9.17, 15) is 10.1 Å². The Morgan fingerprint density at radius 2 is 2.07 bits per heavy atom. The summed E-state index contributed by atoms with van der Waals surface area (Å²) >= 11 is 7.60. The molecule has 0 aliphatic rings. The van der Waals surface area contributed by atoms with E-state index in [1.54, 1.807) is 6.08 Å². The normalized spacial score (nSPS) is 11.4. The topological polar surface area (TPSA) is 70.7 Å². The fourth-order valence-electron chi connectivity index (χ4n) is 3.02. The zero-order valence-corrected chi connectivity index (χ0v) is 17.6. The van der Waals surface area contributed by atoms with Crippen molar-refractivity contribution in [2.45, 2.75) is 27.7 Å². The molecule has 1 N–H and O–H groups in total. The number of rotatable bonds is 4.